The smallest absolute Gasteiger partial charge is 0.258 e. The van der Waals surface area contributed by atoms with Crippen LogP contribution in [0.4, 0.5) is 70.5 Å². The van der Waals surface area contributed by atoms with Crippen LogP contribution in [0.2, 0.25) is 0 Å². The van der Waals surface area contributed by atoms with Crippen molar-refractivity contribution in [1.29, 1.82) is 0 Å². The summed E-state index contributed by atoms with van der Waals surface area (Å²) in [5.41, 5.74) is 13.0. The summed E-state index contributed by atoms with van der Waals surface area (Å²) in [6.07, 6.45) is 0. The van der Waals surface area contributed by atoms with Crippen molar-refractivity contribution in [2.45, 2.75) is 62.0 Å². The van der Waals surface area contributed by atoms with Crippen LogP contribution in [0.25, 0.3) is 0 Å². The first kappa shape index (κ1) is 104. The van der Waals surface area contributed by atoms with Crippen LogP contribution in [0.1, 0.15) is 154 Å². The highest BCUT2D eigenvalue weighted by Gasteiger charge is 2.22. The number of anilines is 12. The summed E-state index contributed by atoms with van der Waals surface area (Å²) in [5.74, 6) is 0.673. The van der Waals surface area contributed by atoms with E-state index in [-0.39, 0.29) is 130 Å². The van der Waals surface area contributed by atoms with Crippen LogP contribution in [0.3, 0.4) is 0 Å². The van der Waals surface area contributed by atoms with Crippen LogP contribution in [-0.4, -0.2) is 157 Å². The number of methoxy groups -OCH3 is 4. The molecule has 0 fully saturated rings. The van der Waals surface area contributed by atoms with Crippen LogP contribution in [0.15, 0.2) is 273 Å². The third-order valence-corrected chi connectivity index (χ3v) is 20.1. The van der Waals surface area contributed by atoms with Gasteiger partial charge in [0.25, 0.3) is 59.1 Å². The highest BCUT2D eigenvalue weighted by atomic mass is 16.5. The SMILES string of the molecule is CNc1cc(NC(=O)c2ccc(CO)cc2)nc(NC(=O)c2cccc(C)c2)n1.CNc1cc(NC(=O)c2cccc(C)c2)nc(NC(=O)c2ccc(OC)cc2)n1.COc1cc(NC(=O)c2ccc(C)cc2)nc(NC(=O)c2cccc(C)c2)n1.COc1cc(NC(=O)c2cccc(C)c2)nc(NC(=O)c2ccc(C)cc2)n1.COc1cccc(C(=O)Nc2nc(C)cc(NC(=O)c3cccc(C)c3)n2)c1. The van der Waals surface area contributed by atoms with Crippen molar-refractivity contribution < 1.29 is 72.0 Å². The summed E-state index contributed by atoms with van der Waals surface area (Å²) >= 11 is 0. The fourth-order valence-corrected chi connectivity index (χ4v) is 12.8. The molecule has 0 radical (unpaired) electrons. The lowest BCUT2D eigenvalue weighted by atomic mass is 10.1. The van der Waals surface area contributed by atoms with E-state index in [1.54, 1.807) is 222 Å². The second-order valence-electron chi connectivity index (χ2n) is 31.3. The van der Waals surface area contributed by atoms with Crippen LogP contribution in [-0.2, 0) is 6.61 Å². The molecule has 13 N–H and O–H groups in total. The van der Waals surface area contributed by atoms with Crippen molar-refractivity contribution >= 4 is 130 Å². The Labute approximate surface area is 817 Å². The van der Waals surface area contributed by atoms with Gasteiger partial charge in [-0.05, 0) is 200 Å². The molecule has 0 atom stereocenters. The van der Waals surface area contributed by atoms with Crippen LogP contribution in [0, 0.1) is 55.4 Å². The van der Waals surface area contributed by atoms with E-state index >= 15 is 0 Å². The first-order valence-corrected chi connectivity index (χ1v) is 43.7. The molecule has 5 aromatic heterocycles. The highest BCUT2D eigenvalue weighted by Crippen LogP contribution is 2.26. The Bertz CT molecular complexity index is 6740. The van der Waals surface area contributed by atoms with Gasteiger partial charge in [-0.3, -0.25) is 74.5 Å². The summed E-state index contributed by atoms with van der Waals surface area (Å²) in [4.78, 5) is 166. The monoisotopic (exact) mass is 1910 g/mol. The van der Waals surface area contributed by atoms with Gasteiger partial charge in [0, 0.05) is 106 Å². The number of aryl methyl sites for hydroxylation is 8. The van der Waals surface area contributed by atoms with E-state index < -0.39 is 0 Å². The van der Waals surface area contributed by atoms with Gasteiger partial charge in [-0.25, -0.2) is 4.98 Å². The van der Waals surface area contributed by atoms with Crippen LogP contribution in [0.5, 0.6) is 23.3 Å². The van der Waals surface area contributed by atoms with Gasteiger partial charge >= 0.3 is 0 Å². The molecule has 0 aliphatic carbocycles. The van der Waals surface area contributed by atoms with Gasteiger partial charge in [-0.15, -0.1) is 0 Å². The Balaban J connectivity index is 0.000000169. The quantitative estimate of drug-likeness (QED) is 0.0227. The van der Waals surface area contributed by atoms with Gasteiger partial charge in [0.2, 0.25) is 41.5 Å². The van der Waals surface area contributed by atoms with E-state index in [0.29, 0.717) is 95.8 Å². The predicted molar refractivity (Wildman–Crippen MR) is 543 cm³/mol. The molecule has 722 valence electrons. The number of ether oxygens (including phenoxy) is 4. The van der Waals surface area contributed by atoms with Gasteiger partial charge in [-0.2, -0.15) is 44.9 Å². The van der Waals surface area contributed by atoms with E-state index in [4.69, 9.17) is 24.1 Å². The van der Waals surface area contributed by atoms with Crippen molar-refractivity contribution in [3.8, 4) is 23.3 Å². The number of hydrogen-bond donors (Lipinski definition) is 13. The molecule has 0 unspecified atom stereocenters. The molecular formula is C105H102N22O15. The maximum absolute atomic E-state index is 12.5. The molecule has 0 aliphatic rings. The van der Waals surface area contributed by atoms with Crippen molar-refractivity contribution in [2.24, 2.45) is 0 Å². The maximum Gasteiger partial charge on any atom is 0.258 e. The number of carbonyl (C=O) groups is 10. The molecule has 142 heavy (non-hydrogen) atoms. The van der Waals surface area contributed by atoms with Crippen molar-refractivity contribution in [3.05, 3.63) is 379 Å². The van der Waals surface area contributed by atoms with E-state index in [2.05, 4.69) is 114 Å². The summed E-state index contributed by atoms with van der Waals surface area (Å²) in [5, 5.41) is 41.6. The van der Waals surface area contributed by atoms with Crippen molar-refractivity contribution in [2.75, 3.05) is 106 Å². The van der Waals surface area contributed by atoms with Gasteiger partial charge in [-0.1, -0.05) is 142 Å². The lowest BCUT2D eigenvalue weighted by molar-refractivity contribution is 0.101. The maximum atomic E-state index is 12.5. The van der Waals surface area contributed by atoms with Crippen LogP contribution < -0.4 is 82.7 Å². The third-order valence-electron chi connectivity index (χ3n) is 20.1. The van der Waals surface area contributed by atoms with Gasteiger partial charge in [0.05, 0.1) is 35.0 Å². The molecule has 15 aromatic rings. The normalized spacial score (nSPS) is 10.2. The molecule has 0 bridgehead atoms. The number of benzene rings is 10. The fraction of sp³-hybridized carbons (Fsp3) is 0.143. The molecule has 15 rings (SSSR count). The largest absolute Gasteiger partial charge is 0.497 e. The predicted octanol–water partition coefficient (Wildman–Crippen LogP) is 17.0. The number of aromatic nitrogens is 10. The second-order valence-corrected chi connectivity index (χ2v) is 31.3. The number of nitrogens with zero attached hydrogens (tertiary/aromatic N) is 10. The molecule has 37 nitrogen and oxygen atoms in total. The Morgan fingerprint density at radius 2 is 0.472 bits per heavy atom. The Morgan fingerprint density at radius 3 is 0.768 bits per heavy atom. The molecule has 10 aromatic carbocycles. The molecular weight excluding hydrogens is 1810 g/mol. The molecule has 0 saturated carbocycles. The Kier molecular flexibility index (Phi) is 36.9. The average Bonchev–Trinajstić information content (AvgIpc) is 0.849. The topological polar surface area (TPSA) is 501 Å². The number of aliphatic hydroxyl groups is 1. The van der Waals surface area contributed by atoms with E-state index in [9.17, 15) is 47.9 Å². The Hall–Kier alpha value is -18.9. The molecule has 10 amide bonds. The second kappa shape index (κ2) is 50.6. The minimum atomic E-state index is -0.378. The summed E-state index contributed by atoms with van der Waals surface area (Å²) in [6.45, 7) is 15.1. The zero-order valence-corrected chi connectivity index (χ0v) is 79.8. The number of carbonyl (C=O) groups excluding carboxylic acids is 10. The first-order chi connectivity index (χ1) is 68.3. The Morgan fingerprint density at radius 1 is 0.225 bits per heavy atom. The van der Waals surface area contributed by atoms with Gasteiger partial charge in [0.1, 0.15) is 52.2 Å². The molecule has 0 aliphatic heterocycles. The zero-order chi connectivity index (χ0) is 102. The van der Waals surface area contributed by atoms with E-state index in [1.807, 2.05) is 115 Å². The average molecular weight is 1910 g/mol. The number of rotatable bonds is 27. The van der Waals surface area contributed by atoms with E-state index in [1.165, 1.54) is 33.5 Å². The number of nitrogens with one attached hydrogen (secondary N) is 12. The molecule has 37 heteroatoms. The minimum Gasteiger partial charge on any atom is -0.497 e. The van der Waals surface area contributed by atoms with E-state index in [0.717, 1.165) is 38.9 Å². The number of hydrogen-bond acceptors (Lipinski definition) is 27. The summed E-state index contributed by atoms with van der Waals surface area (Å²) in [6, 6.07) is 77.9. The number of aliphatic hydroxyl groups excluding tert-OH is 1. The molecule has 5 heterocycles. The summed E-state index contributed by atoms with van der Waals surface area (Å²) < 4.78 is 20.5. The minimum absolute atomic E-state index is 0.0319. The fourth-order valence-electron chi connectivity index (χ4n) is 12.8. The van der Waals surface area contributed by atoms with Crippen molar-refractivity contribution in [1.82, 2.24) is 49.8 Å². The molecule has 0 spiro atoms. The van der Waals surface area contributed by atoms with Gasteiger partial charge in [0.15, 0.2) is 0 Å². The zero-order valence-electron chi connectivity index (χ0n) is 79.8. The first-order valence-electron chi connectivity index (χ1n) is 43.7. The lowest BCUT2D eigenvalue weighted by Crippen LogP contribution is -2.17. The number of amides is 10. The third kappa shape index (κ3) is 31.6. The highest BCUT2D eigenvalue weighted by molar-refractivity contribution is 6.10. The molecule has 0 saturated heterocycles. The van der Waals surface area contributed by atoms with Crippen molar-refractivity contribution in [3.63, 3.8) is 0 Å². The standard InChI is InChI=1S/2C21H21N5O3.3C21H20N4O3/c1-13-5-4-6-15(11-13)20(28)23-18-12-17(22-2)24-21(25-18)26-19(27)14-7-9-16(29-3)10-8-14;1-13-4-3-5-16(10-13)20(29)26-21-24-17(22-2)11-18(25-21)23-19(28)15-8-6-14(12-27)7-9-15;1-13-6-4-7-15(10-13)19(26)23-18-11-14(2)22-21(24-18)25-20(27)16-8-5-9-17(12-16)28-3;1-13-7-9-15(10-8-13)19(26)25-21-23-17(12-18(24-21)28-3)22-20(27)16-6-4-5-14(2)11-16;1-13-7-9-15(10-8-13)19(26)22-17-12-18(28-3)24-21(23-17)25-20(27)16-6-4-5-14(2)11-16/h4-12H,1-3H3,(H3,22,23,24,25,26,27,28);3-11,27H,12H2,1-2H3,(H3,22,23,24,25,26,28,29);3*4-12H,1-3H3,(H2,22,23,24,25,26,27). The van der Waals surface area contributed by atoms with Crippen LogP contribution >= 0.6 is 0 Å². The summed E-state index contributed by atoms with van der Waals surface area (Å²) in [7, 11) is 9.33. The van der Waals surface area contributed by atoms with Gasteiger partial charge < -0.3 is 61.3 Å². The lowest BCUT2D eigenvalue weighted by Gasteiger charge is -2.10.